The second-order valence-electron chi connectivity index (χ2n) is 4.43. The Hall–Kier alpha value is -3.07. The fourth-order valence-corrected chi connectivity index (χ4v) is 1.91. The van der Waals surface area contributed by atoms with Gasteiger partial charge in [-0.2, -0.15) is 5.26 Å². The minimum absolute atomic E-state index is 0.117. The molecule has 0 aliphatic heterocycles. The molecule has 0 unspecified atom stereocenters. The topological polar surface area (TPSA) is 88.2 Å². The van der Waals surface area contributed by atoms with Crippen LogP contribution in [-0.4, -0.2) is 12.0 Å². The summed E-state index contributed by atoms with van der Waals surface area (Å²) in [7, 11) is 1.55. The molecule has 0 atom stereocenters. The maximum Gasteiger partial charge on any atom is 0.270 e. The van der Waals surface area contributed by atoms with Crippen LogP contribution in [0.2, 0.25) is 0 Å². The van der Waals surface area contributed by atoms with Gasteiger partial charge in [0.2, 0.25) is 0 Å². The van der Waals surface area contributed by atoms with Crippen LogP contribution >= 0.6 is 0 Å². The number of anilines is 2. The van der Waals surface area contributed by atoms with Crippen molar-refractivity contribution in [3.8, 4) is 11.8 Å². The van der Waals surface area contributed by atoms with Crippen LogP contribution in [0.4, 0.5) is 17.1 Å². The summed E-state index contributed by atoms with van der Waals surface area (Å²) in [6.45, 7) is 1.94. The minimum atomic E-state index is -0.530. The number of ether oxygens (including phenoxy) is 1. The van der Waals surface area contributed by atoms with Gasteiger partial charge in [-0.15, -0.1) is 0 Å². The van der Waals surface area contributed by atoms with Gasteiger partial charge in [-0.3, -0.25) is 10.1 Å². The number of benzene rings is 2. The highest BCUT2D eigenvalue weighted by atomic mass is 16.6. The first kappa shape index (κ1) is 14.3. The lowest BCUT2D eigenvalue weighted by molar-refractivity contribution is -0.384. The molecule has 0 amide bonds. The van der Waals surface area contributed by atoms with Gasteiger partial charge in [0.15, 0.2) is 0 Å². The Bertz CT molecular complexity index is 735. The Morgan fingerprint density at radius 3 is 2.62 bits per heavy atom. The highest BCUT2D eigenvalue weighted by Crippen LogP contribution is 2.31. The molecule has 0 aliphatic carbocycles. The summed E-state index contributed by atoms with van der Waals surface area (Å²) >= 11 is 0. The molecule has 0 saturated carbocycles. The third-order valence-corrected chi connectivity index (χ3v) is 2.96. The van der Waals surface area contributed by atoms with E-state index in [1.165, 1.54) is 18.2 Å². The summed E-state index contributed by atoms with van der Waals surface area (Å²) in [5.41, 5.74) is 2.30. The average molecular weight is 283 g/mol. The van der Waals surface area contributed by atoms with E-state index in [4.69, 9.17) is 10.00 Å². The maximum atomic E-state index is 10.7. The zero-order valence-corrected chi connectivity index (χ0v) is 11.6. The fraction of sp³-hybridized carbons (Fsp3) is 0.133. The number of hydrogen-bond acceptors (Lipinski definition) is 5. The average Bonchev–Trinajstić information content (AvgIpc) is 2.47. The van der Waals surface area contributed by atoms with Gasteiger partial charge in [-0.1, -0.05) is 6.07 Å². The number of nitro groups is 1. The number of hydrogen-bond donors (Lipinski definition) is 1. The van der Waals surface area contributed by atoms with Crippen LogP contribution in [0.1, 0.15) is 11.1 Å². The predicted octanol–water partition coefficient (Wildman–Crippen LogP) is 3.53. The van der Waals surface area contributed by atoms with Crippen molar-refractivity contribution in [3.05, 3.63) is 57.6 Å². The third-order valence-electron chi connectivity index (χ3n) is 2.96. The molecule has 6 heteroatoms. The second-order valence-corrected chi connectivity index (χ2v) is 4.43. The molecule has 0 spiro atoms. The standard InChI is InChI=1S/C15H13N3O3/c1-10-3-6-15(21-2)14(7-10)17-13-5-4-12(18(19)20)8-11(13)9-16/h3-8,17H,1-2H3. The van der Waals surface area contributed by atoms with Crippen molar-refractivity contribution in [3.63, 3.8) is 0 Å². The summed E-state index contributed by atoms with van der Waals surface area (Å²) in [5.74, 6) is 0.628. The quantitative estimate of drug-likeness (QED) is 0.685. The molecule has 21 heavy (non-hydrogen) atoms. The lowest BCUT2D eigenvalue weighted by Gasteiger charge is -2.13. The van der Waals surface area contributed by atoms with Crippen molar-refractivity contribution >= 4 is 17.1 Å². The van der Waals surface area contributed by atoms with Gasteiger partial charge in [0, 0.05) is 12.1 Å². The highest BCUT2D eigenvalue weighted by Gasteiger charge is 2.12. The van der Waals surface area contributed by atoms with Crippen LogP contribution in [0.3, 0.4) is 0 Å². The molecule has 0 saturated heterocycles. The van der Waals surface area contributed by atoms with E-state index in [1.54, 1.807) is 7.11 Å². The number of methoxy groups -OCH3 is 1. The van der Waals surface area contributed by atoms with E-state index in [0.717, 1.165) is 5.56 Å². The van der Waals surface area contributed by atoms with Crippen LogP contribution in [0, 0.1) is 28.4 Å². The van der Waals surface area contributed by atoms with Gasteiger partial charge in [-0.25, -0.2) is 0 Å². The summed E-state index contributed by atoms with van der Waals surface area (Å²) < 4.78 is 5.25. The van der Waals surface area contributed by atoms with Gasteiger partial charge in [-0.05, 0) is 30.7 Å². The first-order valence-corrected chi connectivity index (χ1v) is 6.15. The first-order chi connectivity index (χ1) is 10.0. The van der Waals surface area contributed by atoms with E-state index >= 15 is 0 Å². The molecule has 6 nitrogen and oxygen atoms in total. The lowest BCUT2D eigenvalue weighted by Crippen LogP contribution is -1.98. The van der Waals surface area contributed by atoms with Crippen molar-refractivity contribution in [2.45, 2.75) is 6.92 Å². The molecule has 0 aromatic heterocycles. The molecule has 0 bridgehead atoms. The first-order valence-electron chi connectivity index (χ1n) is 6.15. The van der Waals surface area contributed by atoms with Crippen molar-refractivity contribution in [2.24, 2.45) is 0 Å². The van der Waals surface area contributed by atoms with E-state index in [1.807, 2.05) is 31.2 Å². The van der Waals surface area contributed by atoms with E-state index in [9.17, 15) is 10.1 Å². The Labute approximate surface area is 121 Å². The smallest absolute Gasteiger partial charge is 0.270 e. The number of nitrogens with one attached hydrogen (secondary N) is 1. The molecule has 2 rings (SSSR count). The molecule has 1 N–H and O–H groups in total. The monoisotopic (exact) mass is 283 g/mol. The lowest BCUT2D eigenvalue weighted by atomic mass is 10.1. The largest absolute Gasteiger partial charge is 0.495 e. The molecule has 0 heterocycles. The van der Waals surface area contributed by atoms with Crippen LogP contribution in [0.25, 0.3) is 0 Å². The number of nitro benzene ring substituents is 1. The van der Waals surface area contributed by atoms with Crippen molar-refractivity contribution in [1.29, 1.82) is 5.26 Å². The number of non-ortho nitro benzene ring substituents is 1. The summed E-state index contributed by atoms with van der Waals surface area (Å²) in [4.78, 5) is 10.2. The fourth-order valence-electron chi connectivity index (χ4n) is 1.91. The van der Waals surface area contributed by atoms with Crippen LogP contribution in [0.5, 0.6) is 5.75 Å². The maximum absolute atomic E-state index is 10.7. The van der Waals surface area contributed by atoms with E-state index in [-0.39, 0.29) is 11.3 Å². The van der Waals surface area contributed by atoms with Gasteiger partial charge in [0.05, 0.1) is 29.0 Å². The molecule has 0 radical (unpaired) electrons. The normalized spacial score (nSPS) is 9.76. The predicted molar refractivity (Wildman–Crippen MR) is 78.8 cm³/mol. The molecule has 2 aromatic rings. The van der Waals surface area contributed by atoms with E-state index < -0.39 is 4.92 Å². The minimum Gasteiger partial charge on any atom is -0.495 e. The van der Waals surface area contributed by atoms with Crippen LogP contribution in [-0.2, 0) is 0 Å². The number of rotatable bonds is 4. The molecule has 2 aromatic carbocycles. The number of nitriles is 1. The molecular weight excluding hydrogens is 270 g/mol. The van der Waals surface area contributed by atoms with E-state index in [0.29, 0.717) is 17.1 Å². The zero-order valence-electron chi connectivity index (χ0n) is 11.6. The highest BCUT2D eigenvalue weighted by molar-refractivity contribution is 5.72. The Balaban J connectivity index is 2.42. The van der Waals surface area contributed by atoms with Gasteiger partial charge in [0.1, 0.15) is 11.8 Å². The second kappa shape index (κ2) is 5.92. The number of aryl methyl sites for hydroxylation is 1. The van der Waals surface area contributed by atoms with Crippen molar-refractivity contribution in [2.75, 3.05) is 12.4 Å². The third kappa shape index (κ3) is 3.09. The van der Waals surface area contributed by atoms with Crippen molar-refractivity contribution < 1.29 is 9.66 Å². The molecular formula is C15H13N3O3. The Kier molecular flexibility index (Phi) is 4.05. The summed E-state index contributed by atoms with van der Waals surface area (Å²) in [5, 5.41) is 23.0. The van der Waals surface area contributed by atoms with Gasteiger partial charge < -0.3 is 10.1 Å². The SMILES string of the molecule is COc1ccc(C)cc1Nc1ccc([N+](=O)[O-])cc1C#N. The molecule has 0 aliphatic rings. The molecule has 106 valence electrons. The van der Waals surface area contributed by atoms with Crippen LogP contribution in [0.15, 0.2) is 36.4 Å². The summed E-state index contributed by atoms with van der Waals surface area (Å²) in [6, 6.07) is 11.7. The molecule has 0 fully saturated rings. The number of nitrogens with zero attached hydrogens (tertiary/aromatic N) is 2. The van der Waals surface area contributed by atoms with E-state index in [2.05, 4.69) is 5.32 Å². The Morgan fingerprint density at radius 1 is 1.24 bits per heavy atom. The van der Waals surface area contributed by atoms with Gasteiger partial charge in [0.25, 0.3) is 5.69 Å². The zero-order chi connectivity index (χ0) is 15.4. The van der Waals surface area contributed by atoms with Crippen molar-refractivity contribution in [1.82, 2.24) is 0 Å². The van der Waals surface area contributed by atoms with Gasteiger partial charge >= 0.3 is 0 Å². The van der Waals surface area contributed by atoms with Crippen LogP contribution < -0.4 is 10.1 Å². The Morgan fingerprint density at radius 2 is 2.00 bits per heavy atom. The summed E-state index contributed by atoms with van der Waals surface area (Å²) in [6.07, 6.45) is 0.